The maximum atomic E-state index is 14.3. The molecule has 0 radical (unpaired) electrons. The third-order valence-electron chi connectivity index (χ3n) is 12.7. The molecule has 10 N–H and O–H groups in total. The van der Waals surface area contributed by atoms with Crippen LogP contribution in [0.5, 0.6) is 0 Å². The molecule has 1 saturated heterocycles. The lowest BCUT2D eigenvalue weighted by Crippen LogP contribution is -2.61. The van der Waals surface area contributed by atoms with E-state index < -0.39 is 132 Å². The Morgan fingerprint density at radius 2 is 0.958 bits per heavy atom. The van der Waals surface area contributed by atoms with Crippen molar-refractivity contribution in [2.24, 2.45) is 35.3 Å². The van der Waals surface area contributed by atoms with Gasteiger partial charge in [-0.05, 0) is 68.1 Å². The summed E-state index contributed by atoms with van der Waals surface area (Å²) in [5, 5.41) is 28.4. The van der Waals surface area contributed by atoms with Gasteiger partial charge in [-0.2, -0.15) is 0 Å². The molecular formula is C52H92N8O12. The van der Waals surface area contributed by atoms with Crippen LogP contribution in [0.15, 0.2) is 0 Å². The molecule has 72 heavy (non-hydrogen) atoms. The highest BCUT2D eigenvalue weighted by atomic mass is 16.5. The molecule has 0 aliphatic carbocycles. The van der Waals surface area contributed by atoms with E-state index >= 15 is 0 Å². The molecule has 0 bridgehead atoms. The molecular weight excluding hydrogens is 929 g/mol. The van der Waals surface area contributed by atoms with Gasteiger partial charge in [-0.1, -0.05) is 134 Å². The standard InChI is InChI=1S/C52H92N8O12/c1-12-14-15-16-17-18-19-20-21-22-35-28-42(62)54-36(23-24-41(53)61)46(65)55-37(25-30(3)4)47(66)56-38(26-31(5)6)49(68)59-44(33(9)10)51(70)58-40(29-43(63)64)48(67)57-39(27-32(7)8)50(69)60-45(34(11)13-2)52(71)72-35/h30-40,44-45H,12-29H2,1-11H3,(H2,53,61)(H,54,62)(H,55,65)(H,56,66)(H,57,67)(H,58,70)(H,59,68)(H,60,69)(H,63,64)/t34-,35?,36-,37-,38-,39-,40-,44-,45-/m0/s1. The van der Waals surface area contributed by atoms with Crippen molar-refractivity contribution in [3.05, 3.63) is 0 Å². The number of carbonyl (C=O) groups is 10. The van der Waals surface area contributed by atoms with Gasteiger partial charge in [0.2, 0.25) is 47.3 Å². The average molecular weight is 1020 g/mol. The molecule has 1 aliphatic rings. The van der Waals surface area contributed by atoms with Gasteiger partial charge < -0.3 is 52.8 Å². The fourth-order valence-electron chi connectivity index (χ4n) is 8.42. The summed E-state index contributed by atoms with van der Waals surface area (Å²) in [6.07, 6.45) is 7.10. The van der Waals surface area contributed by atoms with E-state index in [2.05, 4.69) is 44.1 Å². The van der Waals surface area contributed by atoms with Gasteiger partial charge in [-0.25, -0.2) is 4.79 Å². The maximum absolute atomic E-state index is 14.3. The van der Waals surface area contributed by atoms with Crippen LogP contribution in [0.2, 0.25) is 0 Å². The van der Waals surface area contributed by atoms with Gasteiger partial charge >= 0.3 is 11.9 Å². The fraction of sp³-hybridized carbons (Fsp3) is 0.808. The molecule has 1 aliphatic heterocycles. The van der Waals surface area contributed by atoms with Gasteiger partial charge in [0.1, 0.15) is 48.4 Å². The van der Waals surface area contributed by atoms with Crippen molar-refractivity contribution < 1.29 is 57.8 Å². The molecule has 0 saturated carbocycles. The number of amides is 8. The fourth-order valence-corrected chi connectivity index (χ4v) is 8.42. The quantitative estimate of drug-likeness (QED) is 0.0486. The first kappa shape index (κ1) is 64.7. The van der Waals surface area contributed by atoms with E-state index in [0.29, 0.717) is 12.8 Å². The van der Waals surface area contributed by atoms with Gasteiger partial charge in [0.15, 0.2) is 0 Å². The first-order chi connectivity index (χ1) is 33.8. The Hall–Kier alpha value is -5.30. The Morgan fingerprint density at radius 1 is 0.542 bits per heavy atom. The number of hydrogen-bond donors (Lipinski definition) is 9. The van der Waals surface area contributed by atoms with Gasteiger partial charge in [-0.15, -0.1) is 0 Å². The lowest BCUT2D eigenvalue weighted by Gasteiger charge is -2.30. The maximum Gasteiger partial charge on any atom is 0.329 e. The molecule has 1 rings (SSSR count). The van der Waals surface area contributed by atoms with Crippen molar-refractivity contribution in [1.29, 1.82) is 0 Å². The van der Waals surface area contributed by atoms with E-state index in [9.17, 15) is 53.1 Å². The number of rotatable bonds is 24. The lowest BCUT2D eigenvalue weighted by molar-refractivity contribution is -0.156. The zero-order chi connectivity index (χ0) is 54.7. The van der Waals surface area contributed by atoms with E-state index in [-0.39, 0.29) is 56.3 Å². The zero-order valence-corrected chi connectivity index (χ0v) is 45.2. The Labute approximate surface area is 428 Å². The highest BCUT2D eigenvalue weighted by Gasteiger charge is 2.38. The number of primary amides is 1. The number of esters is 1. The molecule has 1 unspecified atom stereocenters. The summed E-state index contributed by atoms with van der Waals surface area (Å²) in [7, 11) is 0. The number of carbonyl (C=O) groups excluding carboxylic acids is 9. The Kier molecular flexibility index (Phi) is 30.7. The van der Waals surface area contributed by atoms with Crippen LogP contribution in [0.3, 0.4) is 0 Å². The second kappa shape index (κ2) is 34.2. The van der Waals surface area contributed by atoms with E-state index in [1.165, 1.54) is 12.8 Å². The topological polar surface area (TPSA) is 310 Å². The summed E-state index contributed by atoms with van der Waals surface area (Å²) in [6.45, 7) is 19.8. The van der Waals surface area contributed by atoms with Gasteiger partial charge in [-0.3, -0.25) is 43.2 Å². The summed E-state index contributed by atoms with van der Waals surface area (Å²) in [4.78, 5) is 137. The molecule has 0 aromatic heterocycles. The SMILES string of the molecule is CCCCCCCCCCCC1CC(=O)N[C@@H](CCC(N)=O)C(=O)N[C@@H](CC(C)C)C(=O)N[C@@H](CC(C)C)C(=O)N[C@@H](C(C)C)C(=O)N[C@@H](CC(=O)O)C(=O)N[C@@H](CC(C)C)C(=O)N[C@@H]([C@@H](C)CC)C(=O)O1. The lowest BCUT2D eigenvalue weighted by atomic mass is 9.97. The van der Waals surface area contributed by atoms with Crippen molar-refractivity contribution >= 4 is 59.2 Å². The van der Waals surface area contributed by atoms with Gasteiger partial charge in [0.05, 0.1) is 12.8 Å². The molecule has 1 heterocycles. The summed E-state index contributed by atoms with van der Waals surface area (Å²) in [5.74, 6) is -10.4. The molecule has 9 atom stereocenters. The Bertz CT molecular complexity index is 1770. The number of carboxylic acid groups (broad SMARTS) is 1. The monoisotopic (exact) mass is 1020 g/mol. The van der Waals surface area contributed by atoms with E-state index in [0.717, 1.165) is 38.5 Å². The number of aliphatic carboxylic acids is 1. The molecule has 8 amide bonds. The van der Waals surface area contributed by atoms with Crippen LogP contribution in [-0.2, 0) is 52.7 Å². The Balaban J connectivity index is 3.98. The number of unbranched alkanes of at least 4 members (excludes halogenated alkanes) is 8. The molecule has 0 aromatic carbocycles. The van der Waals surface area contributed by atoms with Crippen LogP contribution in [0.1, 0.15) is 192 Å². The zero-order valence-electron chi connectivity index (χ0n) is 45.2. The first-order valence-electron chi connectivity index (χ1n) is 26.6. The molecule has 0 spiro atoms. The summed E-state index contributed by atoms with van der Waals surface area (Å²) in [6, 6.07) is -9.48. The summed E-state index contributed by atoms with van der Waals surface area (Å²) < 4.78 is 6.07. The summed E-state index contributed by atoms with van der Waals surface area (Å²) in [5.41, 5.74) is 5.49. The van der Waals surface area contributed by atoms with E-state index in [1.807, 2.05) is 34.6 Å². The van der Waals surface area contributed by atoms with Crippen molar-refractivity contribution in [2.45, 2.75) is 240 Å². The molecule has 20 nitrogen and oxygen atoms in total. The molecule has 20 heteroatoms. The molecule has 0 aromatic rings. The van der Waals surface area contributed by atoms with Crippen molar-refractivity contribution in [3.8, 4) is 0 Å². The Morgan fingerprint density at radius 3 is 1.39 bits per heavy atom. The van der Waals surface area contributed by atoms with Gasteiger partial charge in [0, 0.05) is 6.42 Å². The van der Waals surface area contributed by atoms with Crippen LogP contribution in [-0.4, -0.2) is 113 Å². The third kappa shape index (κ3) is 25.9. The largest absolute Gasteiger partial charge is 0.481 e. The predicted molar refractivity (Wildman–Crippen MR) is 273 cm³/mol. The van der Waals surface area contributed by atoms with Crippen LogP contribution in [0, 0.1) is 29.6 Å². The average Bonchev–Trinajstić information content (AvgIpc) is 3.27. The third-order valence-corrected chi connectivity index (χ3v) is 12.7. The minimum Gasteiger partial charge on any atom is -0.481 e. The predicted octanol–water partition coefficient (Wildman–Crippen LogP) is 4.20. The van der Waals surface area contributed by atoms with Crippen molar-refractivity contribution in [3.63, 3.8) is 0 Å². The number of nitrogens with two attached hydrogens (primary N) is 1. The van der Waals surface area contributed by atoms with Crippen molar-refractivity contribution in [2.75, 3.05) is 0 Å². The van der Waals surface area contributed by atoms with Crippen LogP contribution < -0.4 is 43.0 Å². The van der Waals surface area contributed by atoms with Crippen LogP contribution >= 0.6 is 0 Å². The number of carboxylic acids is 1. The van der Waals surface area contributed by atoms with Gasteiger partial charge in [0.25, 0.3) is 0 Å². The van der Waals surface area contributed by atoms with Crippen LogP contribution in [0.25, 0.3) is 0 Å². The second-order valence-corrected chi connectivity index (χ2v) is 21.3. The highest BCUT2D eigenvalue weighted by Crippen LogP contribution is 2.19. The number of ether oxygens (including phenoxy) is 1. The minimum absolute atomic E-state index is 0.0468. The molecule has 412 valence electrons. The number of cyclic esters (lactones) is 1. The minimum atomic E-state index is -1.72. The molecule has 1 fully saturated rings. The smallest absolute Gasteiger partial charge is 0.329 e. The highest BCUT2D eigenvalue weighted by molar-refractivity contribution is 5.98. The van der Waals surface area contributed by atoms with E-state index in [4.69, 9.17) is 10.5 Å². The number of hydrogen-bond acceptors (Lipinski definition) is 11. The second-order valence-electron chi connectivity index (χ2n) is 21.3. The van der Waals surface area contributed by atoms with Crippen LogP contribution in [0.4, 0.5) is 0 Å². The first-order valence-corrected chi connectivity index (χ1v) is 26.6. The van der Waals surface area contributed by atoms with E-state index in [1.54, 1.807) is 34.6 Å². The normalized spacial score (nSPS) is 24.5. The summed E-state index contributed by atoms with van der Waals surface area (Å²) >= 11 is 0. The van der Waals surface area contributed by atoms with Crippen molar-refractivity contribution in [1.82, 2.24) is 37.2 Å². The number of nitrogens with one attached hydrogen (secondary N) is 7.